The van der Waals surface area contributed by atoms with E-state index in [1.165, 1.54) is 5.56 Å². The topological polar surface area (TPSA) is 36.9 Å². The first-order valence-corrected chi connectivity index (χ1v) is 12.8. The van der Waals surface area contributed by atoms with Crippen molar-refractivity contribution in [1.82, 2.24) is 0 Å². The molecule has 1 aromatic heterocycles. The predicted octanol–water partition coefficient (Wildman–Crippen LogP) is 6.09. The molecule has 3 heteroatoms. The van der Waals surface area contributed by atoms with Crippen molar-refractivity contribution in [2.75, 3.05) is 0 Å². The molecule has 0 N–H and O–H groups in total. The molecule has 0 atom stereocenters. The molecule has 0 radical (unpaired) electrons. The highest BCUT2D eigenvalue weighted by molar-refractivity contribution is 7.96. The Kier molecular flexibility index (Phi) is 5.51. The number of nitriles is 1. The number of benzene rings is 4. The van der Waals surface area contributed by atoms with Gasteiger partial charge in [0.15, 0.2) is 0 Å². The minimum absolute atomic E-state index is 0.683. The van der Waals surface area contributed by atoms with Crippen molar-refractivity contribution >= 4 is 39.1 Å². The van der Waals surface area contributed by atoms with Gasteiger partial charge < -0.3 is 4.42 Å². The normalized spacial score (nSPS) is 11.3. The van der Waals surface area contributed by atoms with Crippen molar-refractivity contribution in [2.45, 2.75) is 13.8 Å². The number of hydrogen-bond acceptors (Lipinski definition) is 2. The summed E-state index contributed by atoms with van der Waals surface area (Å²) in [6.45, 7) is 1.62. The van der Waals surface area contributed by atoms with Gasteiger partial charge in [0.2, 0.25) is 0 Å². The van der Waals surface area contributed by atoms with E-state index in [0.717, 1.165) is 32.4 Å². The zero-order valence-electron chi connectivity index (χ0n) is 18.7. The fraction of sp³-hybridized carbons (Fsp3) is 0.0667. The molecule has 5 aromatic rings. The molecule has 0 saturated carbocycles. The highest BCUT2D eigenvalue weighted by Gasteiger charge is 2.33. The van der Waals surface area contributed by atoms with Crippen LogP contribution in [-0.2, 0) is 0 Å². The van der Waals surface area contributed by atoms with E-state index in [0.29, 0.717) is 11.1 Å². The third kappa shape index (κ3) is 3.43. The summed E-state index contributed by atoms with van der Waals surface area (Å²) in [5, 5.41) is 15.9. The van der Waals surface area contributed by atoms with Gasteiger partial charge in [0.25, 0.3) is 0 Å². The molecule has 4 aromatic carbocycles. The summed E-state index contributed by atoms with van der Waals surface area (Å²) in [4.78, 5) is 0. The smallest absolute Gasteiger partial charge is 0.149 e. The molecule has 0 aliphatic carbocycles. The van der Waals surface area contributed by atoms with Crippen LogP contribution in [0.2, 0.25) is 0 Å². The molecule has 2 nitrogen and oxygen atoms in total. The number of furan rings is 1. The van der Waals surface area contributed by atoms with Crippen molar-refractivity contribution in [3.63, 3.8) is 0 Å². The van der Waals surface area contributed by atoms with Crippen LogP contribution in [0.3, 0.4) is 0 Å². The fourth-order valence-electron chi connectivity index (χ4n) is 4.63. The zero-order chi connectivity index (χ0) is 22.8. The Morgan fingerprint density at radius 1 is 0.697 bits per heavy atom. The van der Waals surface area contributed by atoms with Crippen molar-refractivity contribution in [2.24, 2.45) is 0 Å². The van der Waals surface area contributed by atoms with Crippen molar-refractivity contribution in [3.05, 3.63) is 126 Å². The van der Waals surface area contributed by atoms with Crippen LogP contribution in [0.15, 0.2) is 114 Å². The first kappa shape index (κ1) is 21.1. The largest absolute Gasteiger partial charge is 0.455 e. The number of aryl methyl sites for hydroxylation is 2. The van der Waals surface area contributed by atoms with Crippen LogP contribution in [0.4, 0.5) is 0 Å². The summed E-state index contributed by atoms with van der Waals surface area (Å²) in [5.41, 5.74) is 3.00. The van der Waals surface area contributed by atoms with Gasteiger partial charge in [-0.15, -0.1) is 0 Å². The van der Waals surface area contributed by atoms with Gasteiger partial charge in [0.1, 0.15) is 22.7 Å². The summed E-state index contributed by atoms with van der Waals surface area (Å²) < 4.78 is 6.45. The molecule has 0 spiro atoms. The SMILES string of the molecule is Cc1ccc2oc(C(C#N)=P(c3ccccc3)(c3ccccc3)c3ccccc3)c(C)c2c1. The van der Waals surface area contributed by atoms with Crippen molar-refractivity contribution in [3.8, 4) is 6.07 Å². The minimum atomic E-state index is -2.52. The van der Waals surface area contributed by atoms with Gasteiger partial charge in [-0.05, 0) is 48.8 Å². The van der Waals surface area contributed by atoms with Gasteiger partial charge in [-0.25, -0.2) is 0 Å². The Bertz CT molecular complexity index is 1420. The second kappa shape index (κ2) is 8.62. The lowest BCUT2D eigenvalue weighted by Crippen LogP contribution is -2.30. The van der Waals surface area contributed by atoms with E-state index in [1.807, 2.05) is 24.3 Å². The second-order valence-corrected chi connectivity index (χ2v) is 11.5. The molecular weight excluding hydrogens is 421 g/mol. The molecule has 1 heterocycles. The maximum Gasteiger partial charge on any atom is 0.149 e. The second-order valence-electron chi connectivity index (χ2n) is 8.19. The number of nitrogens with zero attached hydrogens (tertiary/aromatic N) is 1. The Hall–Kier alpha value is -3.79. The average molecular weight is 446 g/mol. The summed E-state index contributed by atoms with van der Waals surface area (Å²) in [6.07, 6.45) is 0. The lowest BCUT2D eigenvalue weighted by atomic mass is 10.1. The molecular formula is C30H24NOP. The Balaban J connectivity index is 2.04. The first-order valence-electron chi connectivity index (χ1n) is 11.0. The first-order chi connectivity index (χ1) is 16.2. The van der Waals surface area contributed by atoms with Gasteiger partial charge in [0, 0.05) is 10.9 Å². The van der Waals surface area contributed by atoms with Gasteiger partial charge in [-0.3, -0.25) is 0 Å². The minimum Gasteiger partial charge on any atom is -0.455 e. The van der Waals surface area contributed by atoms with E-state index in [4.69, 9.17) is 4.42 Å². The van der Waals surface area contributed by atoms with E-state index in [9.17, 15) is 5.26 Å². The van der Waals surface area contributed by atoms with Crippen molar-refractivity contribution in [1.29, 1.82) is 5.26 Å². The standard InChI is InChI=1S/C30H24NOP/c1-22-18-19-28-27(20-22)23(2)30(32-28)29(21-31)33(24-12-6-3-7-13-24,25-14-8-4-9-15-25)26-16-10-5-11-17-26/h3-20H,1-2H3. The summed E-state index contributed by atoms with van der Waals surface area (Å²) in [6, 6.07) is 40.1. The van der Waals surface area contributed by atoms with E-state index in [2.05, 4.69) is 105 Å². The van der Waals surface area contributed by atoms with E-state index in [1.54, 1.807) is 0 Å². The van der Waals surface area contributed by atoms with Gasteiger partial charge >= 0.3 is 0 Å². The molecule has 0 unspecified atom stereocenters. The molecule has 0 bridgehead atoms. The maximum atomic E-state index is 10.8. The van der Waals surface area contributed by atoms with Crippen molar-refractivity contribution < 1.29 is 4.42 Å². The average Bonchev–Trinajstić information content (AvgIpc) is 3.19. The summed E-state index contributed by atoms with van der Waals surface area (Å²) >= 11 is 0. The molecule has 33 heavy (non-hydrogen) atoms. The third-order valence-corrected chi connectivity index (χ3v) is 10.4. The molecule has 5 rings (SSSR count). The zero-order valence-corrected chi connectivity index (χ0v) is 19.6. The Morgan fingerprint density at radius 2 is 1.18 bits per heavy atom. The Labute approximate surface area is 194 Å². The molecule has 0 aliphatic rings. The molecule has 0 aliphatic heterocycles. The maximum absolute atomic E-state index is 10.8. The quantitative estimate of drug-likeness (QED) is 0.314. The van der Waals surface area contributed by atoms with E-state index in [-0.39, 0.29) is 0 Å². The van der Waals surface area contributed by atoms with Crippen LogP contribution in [0.5, 0.6) is 0 Å². The molecule has 0 saturated heterocycles. The monoisotopic (exact) mass is 445 g/mol. The highest BCUT2D eigenvalue weighted by Crippen LogP contribution is 2.48. The van der Waals surface area contributed by atoms with Crippen LogP contribution in [0.1, 0.15) is 16.9 Å². The van der Waals surface area contributed by atoms with Gasteiger partial charge in [-0.1, -0.05) is 103 Å². The molecule has 160 valence electrons. The third-order valence-electron chi connectivity index (χ3n) is 6.18. The van der Waals surface area contributed by atoms with Crippen LogP contribution in [0.25, 0.3) is 11.0 Å². The van der Waals surface area contributed by atoms with Crippen LogP contribution >= 0.6 is 6.89 Å². The number of hydrogen-bond donors (Lipinski definition) is 0. The predicted molar refractivity (Wildman–Crippen MR) is 141 cm³/mol. The summed E-state index contributed by atoms with van der Waals surface area (Å²) in [7, 11) is 0. The van der Waals surface area contributed by atoms with E-state index < -0.39 is 6.89 Å². The summed E-state index contributed by atoms with van der Waals surface area (Å²) in [5.74, 6) is 0.683. The van der Waals surface area contributed by atoms with Crippen LogP contribution in [0, 0.1) is 25.2 Å². The van der Waals surface area contributed by atoms with Gasteiger partial charge in [-0.2, -0.15) is 5.26 Å². The molecule has 0 amide bonds. The van der Waals surface area contributed by atoms with E-state index >= 15 is 0 Å². The number of fused-ring (bicyclic) bond motifs is 1. The number of rotatable bonds is 4. The van der Waals surface area contributed by atoms with Crippen LogP contribution < -0.4 is 15.9 Å². The highest BCUT2D eigenvalue weighted by atomic mass is 31.2. The Morgan fingerprint density at radius 3 is 1.64 bits per heavy atom. The lowest BCUT2D eigenvalue weighted by molar-refractivity contribution is 0.604. The van der Waals surface area contributed by atoms with Gasteiger partial charge in [0.05, 0.1) is 0 Å². The fourth-order valence-corrected chi connectivity index (χ4v) is 8.82. The van der Waals surface area contributed by atoms with Crippen LogP contribution in [-0.4, -0.2) is 5.29 Å². The molecule has 0 fully saturated rings. The lowest BCUT2D eigenvalue weighted by Gasteiger charge is -2.30.